The van der Waals surface area contributed by atoms with Gasteiger partial charge >= 0.3 is 5.97 Å². The molecule has 0 aliphatic carbocycles. The number of methoxy groups -OCH3 is 2. The summed E-state index contributed by atoms with van der Waals surface area (Å²) < 4.78 is 37.4. The zero-order valence-corrected chi connectivity index (χ0v) is 19.2. The summed E-state index contributed by atoms with van der Waals surface area (Å²) in [5.74, 6) is -0.837. The van der Waals surface area contributed by atoms with Gasteiger partial charge in [-0.2, -0.15) is 4.99 Å². The smallest absolute Gasteiger partial charge is 0.337 e. The summed E-state index contributed by atoms with van der Waals surface area (Å²) in [6, 6.07) is 11.0. The third-order valence-electron chi connectivity index (χ3n) is 4.64. The number of hydrogen-bond donors (Lipinski definition) is 0. The van der Waals surface area contributed by atoms with E-state index in [1.54, 1.807) is 41.0 Å². The molecule has 0 bridgehead atoms. The van der Waals surface area contributed by atoms with E-state index in [1.807, 2.05) is 0 Å². The standard InChI is InChI=1S/C22H22N2O6S2/c1-4-12-24-18-10-5-15(21(26)30-3)14-19(18)31-22(24)23-20(25)11-13-32(27,28)17-8-6-16(29-2)7-9-17/h4-10,14H,1,11-13H2,2-3H3. The third-order valence-corrected chi connectivity index (χ3v) is 7.41. The number of sulfone groups is 1. The molecular formula is C22H22N2O6S2. The highest BCUT2D eigenvalue weighted by atomic mass is 32.2. The lowest BCUT2D eigenvalue weighted by Gasteiger charge is -2.04. The molecule has 1 amide bonds. The molecule has 0 atom stereocenters. The van der Waals surface area contributed by atoms with Gasteiger partial charge in [-0.1, -0.05) is 17.4 Å². The molecule has 3 aromatic rings. The van der Waals surface area contributed by atoms with E-state index in [1.165, 1.54) is 37.7 Å². The molecule has 168 valence electrons. The van der Waals surface area contributed by atoms with Crippen LogP contribution < -0.4 is 9.54 Å². The van der Waals surface area contributed by atoms with Crippen molar-refractivity contribution in [3.63, 3.8) is 0 Å². The molecule has 1 heterocycles. The summed E-state index contributed by atoms with van der Waals surface area (Å²) in [7, 11) is -0.847. The van der Waals surface area contributed by atoms with E-state index in [4.69, 9.17) is 9.47 Å². The maximum atomic E-state index is 12.5. The summed E-state index contributed by atoms with van der Waals surface area (Å²) in [6.45, 7) is 4.13. The Kier molecular flexibility index (Phi) is 7.26. The highest BCUT2D eigenvalue weighted by Crippen LogP contribution is 2.20. The second kappa shape index (κ2) is 9.92. The Balaban J connectivity index is 1.86. The maximum absolute atomic E-state index is 12.5. The first-order valence-electron chi connectivity index (χ1n) is 9.56. The van der Waals surface area contributed by atoms with Crippen LogP contribution in [0, 0.1) is 0 Å². The van der Waals surface area contributed by atoms with Gasteiger partial charge in [0.15, 0.2) is 14.6 Å². The summed E-state index contributed by atoms with van der Waals surface area (Å²) in [5.41, 5.74) is 1.16. The van der Waals surface area contributed by atoms with Crippen LogP contribution >= 0.6 is 11.3 Å². The predicted molar refractivity (Wildman–Crippen MR) is 122 cm³/mol. The molecule has 0 saturated carbocycles. The first kappa shape index (κ1) is 23.4. The Hall–Kier alpha value is -3.24. The van der Waals surface area contributed by atoms with Gasteiger partial charge in [-0.05, 0) is 42.5 Å². The van der Waals surface area contributed by atoms with Crippen molar-refractivity contribution in [3.05, 3.63) is 65.5 Å². The highest BCUT2D eigenvalue weighted by molar-refractivity contribution is 7.91. The normalized spacial score (nSPS) is 12.0. The molecule has 0 radical (unpaired) electrons. The topological polar surface area (TPSA) is 104 Å². The van der Waals surface area contributed by atoms with Crippen LogP contribution in [0.5, 0.6) is 5.75 Å². The Morgan fingerprint density at radius 3 is 2.50 bits per heavy atom. The Labute approximate surface area is 189 Å². The van der Waals surface area contributed by atoms with Gasteiger partial charge in [0.1, 0.15) is 5.75 Å². The molecule has 2 aromatic carbocycles. The van der Waals surface area contributed by atoms with E-state index in [2.05, 4.69) is 11.6 Å². The molecule has 0 unspecified atom stereocenters. The van der Waals surface area contributed by atoms with Gasteiger partial charge in [-0.15, -0.1) is 6.58 Å². The van der Waals surface area contributed by atoms with Crippen molar-refractivity contribution in [3.8, 4) is 5.75 Å². The molecular weight excluding hydrogens is 452 g/mol. The van der Waals surface area contributed by atoms with Crippen LogP contribution in [0.3, 0.4) is 0 Å². The second-order valence-electron chi connectivity index (χ2n) is 6.71. The number of esters is 1. The molecule has 0 spiro atoms. The van der Waals surface area contributed by atoms with Crippen LogP contribution in [0.15, 0.2) is 65.0 Å². The van der Waals surface area contributed by atoms with Crippen molar-refractivity contribution in [2.45, 2.75) is 17.9 Å². The number of ether oxygens (including phenoxy) is 2. The molecule has 10 heteroatoms. The van der Waals surface area contributed by atoms with Gasteiger partial charge in [0.25, 0.3) is 0 Å². The predicted octanol–water partition coefficient (Wildman–Crippen LogP) is 2.98. The minimum absolute atomic E-state index is 0.116. The average molecular weight is 475 g/mol. The highest BCUT2D eigenvalue weighted by Gasteiger charge is 2.17. The monoisotopic (exact) mass is 474 g/mol. The van der Waals surface area contributed by atoms with Crippen molar-refractivity contribution in [1.82, 2.24) is 4.57 Å². The maximum Gasteiger partial charge on any atom is 0.337 e. The molecule has 3 rings (SSSR count). The number of benzene rings is 2. The lowest BCUT2D eigenvalue weighted by Crippen LogP contribution is -2.17. The lowest BCUT2D eigenvalue weighted by atomic mass is 10.2. The fourth-order valence-electron chi connectivity index (χ4n) is 2.99. The van der Waals surface area contributed by atoms with Crippen LogP contribution in [-0.2, 0) is 25.9 Å². The number of thiazole rings is 1. The second-order valence-corrected chi connectivity index (χ2v) is 9.83. The minimum atomic E-state index is -3.64. The van der Waals surface area contributed by atoms with E-state index in [0.29, 0.717) is 22.7 Å². The molecule has 0 fully saturated rings. The summed E-state index contributed by atoms with van der Waals surface area (Å²) in [5, 5.41) is 0. The van der Waals surface area contributed by atoms with Gasteiger partial charge < -0.3 is 14.0 Å². The Bertz CT molecular complexity index is 1330. The van der Waals surface area contributed by atoms with Crippen molar-refractivity contribution >= 4 is 43.3 Å². The van der Waals surface area contributed by atoms with Crippen LogP contribution in [0.2, 0.25) is 0 Å². The first-order valence-corrected chi connectivity index (χ1v) is 12.0. The van der Waals surface area contributed by atoms with Crippen molar-refractivity contribution < 1.29 is 27.5 Å². The zero-order chi connectivity index (χ0) is 23.3. The first-order chi connectivity index (χ1) is 15.3. The average Bonchev–Trinajstić information content (AvgIpc) is 3.13. The molecule has 8 nitrogen and oxygen atoms in total. The van der Waals surface area contributed by atoms with Gasteiger partial charge in [0.2, 0.25) is 5.91 Å². The van der Waals surface area contributed by atoms with Crippen molar-refractivity contribution in [2.75, 3.05) is 20.0 Å². The number of carbonyl (C=O) groups excluding carboxylic acids is 2. The summed E-state index contributed by atoms with van der Waals surface area (Å²) in [6.07, 6.45) is 1.40. The van der Waals surface area contributed by atoms with Crippen LogP contribution in [0.25, 0.3) is 10.2 Å². The SMILES string of the molecule is C=CCn1c(=NC(=O)CCS(=O)(=O)c2ccc(OC)cc2)sc2cc(C(=O)OC)ccc21. The lowest BCUT2D eigenvalue weighted by molar-refractivity contribution is -0.117. The fourth-order valence-corrected chi connectivity index (χ4v) is 5.32. The van der Waals surface area contributed by atoms with Crippen LogP contribution in [0.4, 0.5) is 0 Å². The summed E-state index contributed by atoms with van der Waals surface area (Å²) in [4.78, 5) is 28.9. The van der Waals surface area contributed by atoms with E-state index in [0.717, 1.165) is 10.2 Å². The van der Waals surface area contributed by atoms with Crippen LogP contribution in [0.1, 0.15) is 16.8 Å². The minimum Gasteiger partial charge on any atom is -0.497 e. The van der Waals surface area contributed by atoms with Crippen molar-refractivity contribution in [2.24, 2.45) is 4.99 Å². The number of amides is 1. The summed E-state index contributed by atoms with van der Waals surface area (Å²) >= 11 is 1.22. The van der Waals surface area contributed by atoms with Gasteiger partial charge in [0.05, 0.1) is 40.6 Å². The van der Waals surface area contributed by atoms with E-state index >= 15 is 0 Å². The van der Waals surface area contributed by atoms with E-state index < -0.39 is 21.7 Å². The number of fused-ring (bicyclic) bond motifs is 1. The number of hydrogen-bond acceptors (Lipinski definition) is 7. The Morgan fingerprint density at radius 2 is 1.88 bits per heavy atom. The molecule has 0 aliphatic heterocycles. The number of carbonyl (C=O) groups is 2. The van der Waals surface area contributed by atoms with E-state index in [-0.39, 0.29) is 17.1 Å². The molecule has 1 aromatic heterocycles. The largest absolute Gasteiger partial charge is 0.497 e. The quantitative estimate of drug-likeness (QED) is 0.367. The molecule has 0 aliphatic rings. The van der Waals surface area contributed by atoms with Crippen LogP contribution in [-0.4, -0.2) is 44.8 Å². The number of allylic oxidation sites excluding steroid dienone is 1. The molecule has 32 heavy (non-hydrogen) atoms. The van der Waals surface area contributed by atoms with Gasteiger partial charge in [0, 0.05) is 13.0 Å². The van der Waals surface area contributed by atoms with Gasteiger partial charge in [-0.3, -0.25) is 4.79 Å². The molecule has 0 N–H and O–H groups in total. The number of aromatic nitrogens is 1. The van der Waals surface area contributed by atoms with Gasteiger partial charge in [-0.25, -0.2) is 13.2 Å². The number of rotatable bonds is 8. The zero-order valence-electron chi connectivity index (χ0n) is 17.6. The molecule has 0 saturated heterocycles. The fraction of sp³-hybridized carbons (Fsp3) is 0.227. The Morgan fingerprint density at radius 1 is 1.16 bits per heavy atom. The number of nitrogens with zero attached hydrogens (tertiary/aromatic N) is 2. The van der Waals surface area contributed by atoms with E-state index in [9.17, 15) is 18.0 Å². The third kappa shape index (κ3) is 5.14. The van der Waals surface area contributed by atoms with Crippen molar-refractivity contribution in [1.29, 1.82) is 0 Å².